The van der Waals surface area contributed by atoms with Crippen molar-refractivity contribution in [2.24, 2.45) is 5.41 Å². The maximum absolute atomic E-state index is 9.59. The van der Waals surface area contributed by atoms with Crippen molar-refractivity contribution < 1.29 is 19.7 Å². The van der Waals surface area contributed by atoms with Crippen LogP contribution in [0.2, 0.25) is 0 Å². The first kappa shape index (κ1) is 17.8. The van der Waals surface area contributed by atoms with Crippen molar-refractivity contribution in [2.75, 3.05) is 20.2 Å². The van der Waals surface area contributed by atoms with Gasteiger partial charge in [-0.3, -0.25) is 9.69 Å². The molecule has 0 aromatic heterocycles. The lowest BCUT2D eigenvalue weighted by molar-refractivity contribution is -0.122. The van der Waals surface area contributed by atoms with Crippen molar-refractivity contribution in [2.45, 2.75) is 44.8 Å². The Hall–Kier alpha value is -1.59. The minimum Gasteiger partial charge on any atom is -0.508 e. The molecule has 1 saturated carbocycles. The lowest BCUT2D eigenvalue weighted by Gasteiger charge is -2.43. The number of hydrogen-bond donors (Lipinski definition) is 2. The summed E-state index contributed by atoms with van der Waals surface area (Å²) in [4.78, 5) is 10.9. The molecule has 2 aliphatic rings. The Labute approximate surface area is 137 Å². The van der Waals surface area contributed by atoms with Gasteiger partial charge in [0.15, 0.2) is 0 Å². The summed E-state index contributed by atoms with van der Waals surface area (Å²) >= 11 is 0. The molecule has 2 N–H and O–H groups in total. The van der Waals surface area contributed by atoms with Gasteiger partial charge in [-0.1, -0.05) is 18.6 Å². The zero-order chi connectivity index (χ0) is 16.7. The molecule has 1 aromatic carbocycles. The Bertz CT molecular complexity index is 508. The molecule has 0 bridgehead atoms. The van der Waals surface area contributed by atoms with Crippen LogP contribution >= 0.6 is 0 Å². The van der Waals surface area contributed by atoms with Gasteiger partial charge in [-0.2, -0.15) is 0 Å². The SMILES string of the molecule is CO[C@@H]1CCC[C@]12CCCN(Cc1cccc(O)c1)C2.O=CO. The predicted octanol–water partition coefficient (Wildman–Crippen LogP) is 2.87. The topological polar surface area (TPSA) is 70.0 Å². The van der Waals surface area contributed by atoms with Gasteiger partial charge in [0.25, 0.3) is 6.47 Å². The number of aromatic hydroxyl groups is 1. The maximum atomic E-state index is 9.59. The average Bonchev–Trinajstić information content (AvgIpc) is 2.90. The highest BCUT2D eigenvalue weighted by Crippen LogP contribution is 2.46. The summed E-state index contributed by atoms with van der Waals surface area (Å²) in [5.74, 6) is 0.366. The minimum absolute atomic E-state index is 0.250. The number of carboxylic acid groups (broad SMARTS) is 1. The van der Waals surface area contributed by atoms with E-state index in [1.165, 1.54) is 37.7 Å². The van der Waals surface area contributed by atoms with Gasteiger partial charge in [-0.15, -0.1) is 0 Å². The summed E-state index contributed by atoms with van der Waals surface area (Å²) in [5.41, 5.74) is 1.58. The molecule has 128 valence electrons. The lowest BCUT2D eigenvalue weighted by Crippen LogP contribution is -2.47. The van der Waals surface area contributed by atoms with E-state index < -0.39 is 0 Å². The van der Waals surface area contributed by atoms with E-state index in [-0.39, 0.29) is 6.47 Å². The van der Waals surface area contributed by atoms with Crippen molar-refractivity contribution in [3.05, 3.63) is 29.8 Å². The standard InChI is InChI=1S/C17H25NO2.CH2O2/c1-20-16-7-3-8-17(16)9-4-10-18(13-17)12-14-5-2-6-15(19)11-14;2-1-3/h2,5-6,11,16,19H,3-4,7-10,12-13H2,1H3;1H,(H,2,3)/t16-,17-;/m1./s1. The molecule has 3 rings (SSSR count). The van der Waals surface area contributed by atoms with Crippen LogP contribution in [0.3, 0.4) is 0 Å². The number of nitrogens with zero attached hydrogens (tertiary/aromatic N) is 1. The summed E-state index contributed by atoms with van der Waals surface area (Å²) in [7, 11) is 1.87. The molecule has 23 heavy (non-hydrogen) atoms. The second-order valence-electron chi connectivity index (χ2n) is 6.57. The van der Waals surface area contributed by atoms with Crippen molar-refractivity contribution in [3.63, 3.8) is 0 Å². The highest BCUT2D eigenvalue weighted by Gasteiger charge is 2.45. The average molecular weight is 321 g/mol. The van der Waals surface area contributed by atoms with E-state index in [1.807, 2.05) is 19.2 Å². The number of carbonyl (C=O) groups is 1. The van der Waals surface area contributed by atoms with Gasteiger partial charge in [-0.25, -0.2) is 0 Å². The second-order valence-corrected chi connectivity index (χ2v) is 6.57. The predicted molar refractivity (Wildman–Crippen MR) is 88.4 cm³/mol. The Morgan fingerprint density at radius 1 is 1.39 bits per heavy atom. The van der Waals surface area contributed by atoms with Gasteiger partial charge in [0.2, 0.25) is 0 Å². The van der Waals surface area contributed by atoms with Gasteiger partial charge in [0.05, 0.1) is 6.10 Å². The molecule has 1 spiro atoms. The molecule has 1 heterocycles. The smallest absolute Gasteiger partial charge is 0.290 e. The fourth-order valence-electron chi connectivity index (χ4n) is 4.25. The van der Waals surface area contributed by atoms with E-state index in [0.29, 0.717) is 17.3 Å². The number of piperidine rings is 1. The van der Waals surface area contributed by atoms with E-state index in [9.17, 15) is 5.11 Å². The molecular weight excluding hydrogens is 294 g/mol. The van der Waals surface area contributed by atoms with E-state index >= 15 is 0 Å². The largest absolute Gasteiger partial charge is 0.508 e. The highest BCUT2D eigenvalue weighted by atomic mass is 16.5. The van der Waals surface area contributed by atoms with E-state index in [2.05, 4.69) is 11.0 Å². The van der Waals surface area contributed by atoms with Gasteiger partial charge in [0.1, 0.15) is 5.75 Å². The fraction of sp³-hybridized carbons (Fsp3) is 0.611. The molecular formula is C18H27NO4. The number of likely N-dealkylation sites (tertiary alicyclic amines) is 1. The highest BCUT2D eigenvalue weighted by molar-refractivity contribution is 5.32. The first-order valence-corrected chi connectivity index (χ1v) is 8.24. The lowest BCUT2D eigenvalue weighted by atomic mass is 9.76. The van der Waals surface area contributed by atoms with Crippen LogP contribution in [-0.2, 0) is 16.1 Å². The van der Waals surface area contributed by atoms with Crippen molar-refractivity contribution in [1.29, 1.82) is 0 Å². The number of hydrogen-bond acceptors (Lipinski definition) is 4. The number of phenolic OH excluding ortho intramolecular Hbond substituents is 1. The summed E-state index contributed by atoms with van der Waals surface area (Å²) < 4.78 is 5.76. The van der Waals surface area contributed by atoms with Crippen LogP contribution in [0.1, 0.15) is 37.7 Å². The molecule has 0 unspecified atom stereocenters. The second kappa shape index (κ2) is 8.31. The van der Waals surface area contributed by atoms with Crippen LogP contribution in [0.4, 0.5) is 0 Å². The molecule has 5 heteroatoms. The Morgan fingerprint density at radius 2 is 2.13 bits per heavy atom. The summed E-state index contributed by atoms with van der Waals surface area (Å²) in [6, 6.07) is 7.64. The van der Waals surface area contributed by atoms with Crippen LogP contribution in [-0.4, -0.2) is 47.9 Å². The van der Waals surface area contributed by atoms with Crippen LogP contribution in [0.25, 0.3) is 0 Å². The first-order chi connectivity index (χ1) is 11.1. The zero-order valence-electron chi connectivity index (χ0n) is 13.8. The molecule has 1 aliphatic heterocycles. The van der Waals surface area contributed by atoms with E-state index in [4.69, 9.17) is 14.6 Å². The molecule has 1 saturated heterocycles. The number of ether oxygens (including phenoxy) is 1. The molecule has 1 aromatic rings. The van der Waals surface area contributed by atoms with Crippen LogP contribution in [0.5, 0.6) is 5.75 Å². The molecule has 2 atom stereocenters. The van der Waals surface area contributed by atoms with Crippen molar-refractivity contribution in [1.82, 2.24) is 4.90 Å². The Balaban J connectivity index is 0.000000595. The fourth-order valence-corrected chi connectivity index (χ4v) is 4.25. The van der Waals surface area contributed by atoms with Gasteiger partial charge >= 0.3 is 0 Å². The minimum atomic E-state index is -0.250. The Morgan fingerprint density at radius 3 is 2.83 bits per heavy atom. The number of methoxy groups -OCH3 is 1. The normalized spacial score (nSPS) is 27.4. The summed E-state index contributed by atoms with van der Waals surface area (Å²) in [6.07, 6.45) is 6.84. The molecule has 0 amide bonds. The van der Waals surface area contributed by atoms with Gasteiger partial charge in [-0.05, 0) is 49.9 Å². The third-order valence-corrected chi connectivity index (χ3v) is 5.11. The third-order valence-electron chi connectivity index (χ3n) is 5.11. The zero-order valence-corrected chi connectivity index (χ0v) is 13.8. The van der Waals surface area contributed by atoms with Crippen molar-refractivity contribution in [3.8, 4) is 5.75 Å². The maximum Gasteiger partial charge on any atom is 0.290 e. The Kier molecular flexibility index (Phi) is 6.42. The molecule has 5 nitrogen and oxygen atoms in total. The number of rotatable bonds is 3. The van der Waals surface area contributed by atoms with E-state index in [0.717, 1.165) is 19.6 Å². The molecule has 0 radical (unpaired) electrons. The first-order valence-electron chi connectivity index (χ1n) is 8.24. The summed E-state index contributed by atoms with van der Waals surface area (Å²) in [5, 5.41) is 16.5. The monoisotopic (exact) mass is 321 g/mol. The summed E-state index contributed by atoms with van der Waals surface area (Å²) in [6.45, 7) is 2.99. The number of benzene rings is 1. The number of phenols is 1. The van der Waals surface area contributed by atoms with Crippen LogP contribution in [0, 0.1) is 5.41 Å². The van der Waals surface area contributed by atoms with Crippen molar-refractivity contribution >= 4 is 6.47 Å². The van der Waals surface area contributed by atoms with Crippen LogP contribution in [0.15, 0.2) is 24.3 Å². The van der Waals surface area contributed by atoms with E-state index in [1.54, 1.807) is 6.07 Å². The molecule has 1 aliphatic carbocycles. The quantitative estimate of drug-likeness (QED) is 0.838. The van der Waals surface area contributed by atoms with Gasteiger partial charge in [0, 0.05) is 25.6 Å². The molecule has 2 fully saturated rings. The third kappa shape index (κ3) is 4.45. The van der Waals surface area contributed by atoms with Gasteiger partial charge < -0.3 is 14.9 Å². The van der Waals surface area contributed by atoms with Crippen LogP contribution < -0.4 is 0 Å².